The second-order valence-corrected chi connectivity index (χ2v) is 3.77. The lowest BCUT2D eigenvalue weighted by Crippen LogP contribution is -2.04. The van der Waals surface area contributed by atoms with Crippen molar-refractivity contribution in [2.75, 3.05) is 13.2 Å². The van der Waals surface area contributed by atoms with Crippen molar-refractivity contribution in [3.63, 3.8) is 0 Å². The summed E-state index contributed by atoms with van der Waals surface area (Å²) in [4.78, 5) is 4.40. The zero-order valence-corrected chi connectivity index (χ0v) is 9.60. The highest BCUT2D eigenvalue weighted by atomic mass is 16.5. The van der Waals surface area contributed by atoms with Gasteiger partial charge < -0.3 is 15.6 Å². The summed E-state index contributed by atoms with van der Waals surface area (Å²) in [5, 5.41) is 9.76. The molecule has 1 aromatic carbocycles. The predicted molar refractivity (Wildman–Crippen MR) is 66.8 cm³/mol. The average molecular weight is 232 g/mol. The van der Waals surface area contributed by atoms with Crippen molar-refractivity contribution in [2.24, 2.45) is 5.73 Å². The zero-order chi connectivity index (χ0) is 12.1. The quantitative estimate of drug-likeness (QED) is 0.766. The lowest BCUT2D eigenvalue weighted by Gasteiger charge is -2.09. The standard InChI is InChI=1S/C13H16N2O2/c14-9-10-8-13(17-7-3-6-16)15-12-5-2-1-4-11(10)12/h1-2,4-5,8,16H,3,6-7,9,14H2. The average Bonchev–Trinajstić information content (AvgIpc) is 2.38. The minimum atomic E-state index is 0.122. The first-order valence-electron chi connectivity index (χ1n) is 5.67. The Morgan fingerprint density at radius 3 is 2.88 bits per heavy atom. The molecule has 0 saturated carbocycles. The molecule has 0 aliphatic heterocycles. The Hall–Kier alpha value is -1.65. The molecule has 17 heavy (non-hydrogen) atoms. The van der Waals surface area contributed by atoms with E-state index in [-0.39, 0.29) is 6.61 Å². The van der Waals surface area contributed by atoms with Crippen LogP contribution in [-0.2, 0) is 6.54 Å². The van der Waals surface area contributed by atoms with Crippen molar-refractivity contribution in [3.8, 4) is 5.88 Å². The predicted octanol–water partition coefficient (Wildman–Crippen LogP) is 1.45. The summed E-state index contributed by atoms with van der Waals surface area (Å²) in [7, 11) is 0. The Labute approximate surface area is 100 Å². The van der Waals surface area contributed by atoms with Gasteiger partial charge in [0.2, 0.25) is 5.88 Å². The molecule has 4 heteroatoms. The van der Waals surface area contributed by atoms with Gasteiger partial charge in [0.25, 0.3) is 0 Å². The Morgan fingerprint density at radius 2 is 2.12 bits per heavy atom. The van der Waals surface area contributed by atoms with E-state index in [9.17, 15) is 0 Å². The number of aliphatic hydroxyl groups is 1. The van der Waals surface area contributed by atoms with Crippen LogP contribution in [0.3, 0.4) is 0 Å². The van der Waals surface area contributed by atoms with Gasteiger partial charge in [-0.15, -0.1) is 0 Å². The molecule has 1 aromatic heterocycles. The van der Waals surface area contributed by atoms with Gasteiger partial charge in [0, 0.05) is 31.0 Å². The first kappa shape index (κ1) is 11.8. The monoisotopic (exact) mass is 232 g/mol. The van der Waals surface area contributed by atoms with Gasteiger partial charge in [-0.3, -0.25) is 0 Å². The molecule has 0 fully saturated rings. The second-order valence-electron chi connectivity index (χ2n) is 3.77. The molecule has 0 atom stereocenters. The van der Waals surface area contributed by atoms with E-state index in [2.05, 4.69) is 4.98 Å². The molecule has 0 saturated heterocycles. The van der Waals surface area contributed by atoms with Crippen LogP contribution in [0.5, 0.6) is 5.88 Å². The molecule has 0 amide bonds. The Kier molecular flexibility index (Phi) is 3.90. The van der Waals surface area contributed by atoms with Gasteiger partial charge in [-0.2, -0.15) is 0 Å². The number of nitrogens with two attached hydrogens (primary N) is 1. The summed E-state index contributed by atoms with van der Waals surface area (Å²) < 4.78 is 5.47. The Morgan fingerprint density at radius 1 is 1.29 bits per heavy atom. The van der Waals surface area contributed by atoms with Crippen LogP contribution in [0.15, 0.2) is 30.3 Å². The molecule has 0 radical (unpaired) electrons. The molecule has 0 spiro atoms. The van der Waals surface area contributed by atoms with E-state index in [1.165, 1.54) is 0 Å². The molecule has 2 rings (SSSR count). The topological polar surface area (TPSA) is 68.4 Å². The zero-order valence-electron chi connectivity index (χ0n) is 9.60. The first-order valence-corrected chi connectivity index (χ1v) is 5.67. The number of aromatic nitrogens is 1. The number of ether oxygens (including phenoxy) is 1. The fraction of sp³-hybridized carbons (Fsp3) is 0.308. The molecular weight excluding hydrogens is 216 g/mol. The van der Waals surface area contributed by atoms with E-state index < -0.39 is 0 Å². The summed E-state index contributed by atoms with van der Waals surface area (Å²) >= 11 is 0. The molecule has 0 bridgehead atoms. The van der Waals surface area contributed by atoms with Gasteiger partial charge in [0.05, 0.1) is 12.1 Å². The maximum Gasteiger partial charge on any atom is 0.214 e. The third-order valence-corrected chi connectivity index (χ3v) is 2.55. The van der Waals surface area contributed by atoms with Gasteiger partial charge >= 0.3 is 0 Å². The van der Waals surface area contributed by atoms with E-state index >= 15 is 0 Å². The largest absolute Gasteiger partial charge is 0.478 e. The van der Waals surface area contributed by atoms with Crippen molar-refractivity contribution < 1.29 is 9.84 Å². The molecule has 0 aliphatic carbocycles. The number of pyridine rings is 1. The van der Waals surface area contributed by atoms with Crippen molar-refractivity contribution in [2.45, 2.75) is 13.0 Å². The Balaban J connectivity index is 2.32. The maximum atomic E-state index is 8.70. The van der Waals surface area contributed by atoms with Gasteiger partial charge in [-0.25, -0.2) is 4.98 Å². The van der Waals surface area contributed by atoms with Crippen LogP contribution < -0.4 is 10.5 Å². The van der Waals surface area contributed by atoms with E-state index in [0.29, 0.717) is 25.5 Å². The Bertz CT molecular complexity index is 500. The number of hydrogen-bond donors (Lipinski definition) is 2. The highest BCUT2D eigenvalue weighted by molar-refractivity contribution is 5.82. The number of para-hydroxylation sites is 1. The molecule has 4 nitrogen and oxygen atoms in total. The van der Waals surface area contributed by atoms with Gasteiger partial charge in [0.15, 0.2) is 0 Å². The smallest absolute Gasteiger partial charge is 0.214 e. The summed E-state index contributed by atoms with van der Waals surface area (Å²) in [5.74, 6) is 0.567. The number of aliphatic hydroxyl groups excluding tert-OH is 1. The molecule has 2 aromatic rings. The van der Waals surface area contributed by atoms with Crippen LogP contribution >= 0.6 is 0 Å². The molecule has 90 valence electrons. The van der Waals surface area contributed by atoms with Gasteiger partial charge in [-0.05, 0) is 11.6 Å². The van der Waals surface area contributed by atoms with E-state index in [0.717, 1.165) is 16.5 Å². The van der Waals surface area contributed by atoms with Crippen molar-refractivity contribution in [1.82, 2.24) is 4.98 Å². The van der Waals surface area contributed by atoms with Crippen LogP contribution in [0.2, 0.25) is 0 Å². The third kappa shape index (κ3) is 2.72. The van der Waals surface area contributed by atoms with E-state index in [1.54, 1.807) is 0 Å². The van der Waals surface area contributed by atoms with Crippen LogP contribution in [-0.4, -0.2) is 23.3 Å². The molecule has 0 aliphatic rings. The second kappa shape index (κ2) is 5.61. The van der Waals surface area contributed by atoms with Gasteiger partial charge in [-0.1, -0.05) is 18.2 Å². The third-order valence-electron chi connectivity index (χ3n) is 2.55. The fourth-order valence-corrected chi connectivity index (χ4v) is 1.70. The first-order chi connectivity index (χ1) is 8.35. The fourth-order valence-electron chi connectivity index (χ4n) is 1.70. The lowest BCUT2D eigenvalue weighted by atomic mass is 10.1. The highest BCUT2D eigenvalue weighted by Crippen LogP contribution is 2.21. The van der Waals surface area contributed by atoms with Crippen molar-refractivity contribution in [1.29, 1.82) is 0 Å². The number of rotatable bonds is 5. The molecule has 1 heterocycles. The summed E-state index contributed by atoms with van der Waals surface area (Å²) in [6.07, 6.45) is 0.604. The minimum absolute atomic E-state index is 0.122. The summed E-state index contributed by atoms with van der Waals surface area (Å²) in [6.45, 7) is 1.04. The minimum Gasteiger partial charge on any atom is -0.478 e. The van der Waals surface area contributed by atoms with E-state index in [1.807, 2.05) is 30.3 Å². The normalized spacial score (nSPS) is 10.7. The van der Waals surface area contributed by atoms with Gasteiger partial charge in [0.1, 0.15) is 0 Å². The highest BCUT2D eigenvalue weighted by Gasteiger charge is 2.04. The summed E-state index contributed by atoms with van der Waals surface area (Å²) in [6, 6.07) is 9.71. The van der Waals surface area contributed by atoms with E-state index in [4.69, 9.17) is 15.6 Å². The lowest BCUT2D eigenvalue weighted by molar-refractivity contribution is 0.229. The van der Waals surface area contributed by atoms with Crippen LogP contribution in [0, 0.1) is 0 Å². The number of fused-ring (bicyclic) bond motifs is 1. The number of nitrogens with zero attached hydrogens (tertiary/aromatic N) is 1. The van der Waals surface area contributed by atoms with Crippen LogP contribution in [0.25, 0.3) is 10.9 Å². The summed E-state index contributed by atoms with van der Waals surface area (Å²) in [5.41, 5.74) is 7.62. The molecule has 3 N–H and O–H groups in total. The van der Waals surface area contributed by atoms with Crippen LogP contribution in [0.4, 0.5) is 0 Å². The number of benzene rings is 1. The van der Waals surface area contributed by atoms with Crippen molar-refractivity contribution in [3.05, 3.63) is 35.9 Å². The SMILES string of the molecule is NCc1cc(OCCCO)nc2ccccc12. The maximum absolute atomic E-state index is 8.70. The van der Waals surface area contributed by atoms with Crippen molar-refractivity contribution >= 4 is 10.9 Å². The number of hydrogen-bond acceptors (Lipinski definition) is 4. The molecular formula is C13H16N2O2. The van der Waals surface area contributed by atoms with Crippen LogP contribution in [0.1, 0.15) is 12.0 Å². The molecule has 0 unspecified atom stereocenters.